The van der Waals surface area contributed by atoms with E-state index in [4.69, 9.17) is 9.15 Å². The Hall–Kier alpha value is -2.09. The van der Waals surface area contributed by atoms with Crippen molar-refractivity contribution in [3.63, 3.8) is 0 Å². The van der Waals surface area contributed by atoms with Crippen LogP contribution in [0.15, 0.2) is 33.9 Å². The number of carbonyl (C=O) groups excluding carboxylic acids is 1. The van der Waals surface area contributed by atoms with Crippen LogP contribution < -0.4 is 5.32 Å². The molecule has 2 atom stereocenters. The SMILES string of the molecule is CCC(C)[C@H](NC(=O)OC(C)(C)C)c1nnc(SCc2ccccc2F)o1. The Kier molecular flexibility index (Phi) is 7.24. The Morgan fingerprint density at radius 1 is 1.33 bits per heavy atom. The van der Waals surface area contributed by atoms with Gasteiger partial charge in [0.05, 0.1) is 0 Å². The number of carbonyl (C=O) groups is 1. The second-order valence-electron chi connectivity index (χ2n) is 7.30. The molecule has 1 unspecified atom stereocenters. The van der Waals surface area contributed by atoms with E-state index in [1.54, 1.807) is 39.0 Å². The number of hydrogen-bond donors (Lipinski definition) is 1. The molecular formula is C19H26FN3O3S. The number of hydrogen-bond acceptors (Lipinski definition) is 6. The molecule has 1 aromatic carbocycles. The summed E-state index contributed by atoms with van der Waals surface area (Å²) in [5.41, 5.74) is -0.0349. The zero-order valence-electron chi connectivity index (χ0n) is 16.3. The molecule has 0 aliphatic carbocycles. The summed E-state index contributed by atoms with van der Waals surface area (Å²) in [5.74, 6) is 0.490. The molecule has 1 aromatic heterocycles. The fourth-order valence-corrected chi connectivity index (χ4v) is 3.03. The first kappa shape index (κ1) is 21.2. The lowest BCUT2D eigenvalue weighted by Crippen LogP contribution is -2.37. The van der Waals surface area contributed by atoms with Crippen molar-refractivity contribution in [1.29, 1.82) is 0 Å². The third kappa shape index (κ3) is 6.53. The molecule has 0 aliphatic heterocycles. The number of nitrogens with zero attached hydrogens (tertiary/aromatic N) is 2. The number of alkyl carbamates (subject to hydrolysis) is 1. The molecule has 0 aliphatic rings. The van der Waals surface area contributed by atoms with Gasteiger partial charge < -0.3 is 14.5 Å². The minimum atomic E-state index is -0.598. The highest BCUT2D eigenvalue weighted by atomic mass is 32.2. The highest BCUT2D eigenvalue weighted by Crippen LogP contribution is 2.28. The van der Waals surface area contributed by atoms with Crippen LogP contribution >= 0.6 is 11.8 Å². The van der Waals surface area contributed by atoms with Crippen molar-refractivity contribution < 1.29 is 18.3 Å². The Morgan fingerprint density at radius 3 is 2.67 bits per heavy atom. The van der Waals surface area contributed by atoms with Crippen molar-refractivity contribution in [3.8, 4) is 0 Å². The maximum Gasteiger partial charge on any atom is 0.408 e. The molecule has 148 valence electrons. The summed E-state index contributed by atoms with van der Waals surface area (Å²) in [6.45, 7) is 9.40. The van der Waals surface area contributed by atoms with Gasteiger partial charge in [0, 0.05) is 5.75 Å². The van der Waals surface area contributed by atoms with Crippen LogP contribution in [0.25, 0.3) is 0 Å². The van der Waals surface area contributed by atoms with Gasteiger partial charge in [-0.2, -0.15) is 0 Å². The van der Waals surface area contributed by atoms with Crippen LogP contribution in [0.5, 0.6) is 0 Å². The molecule has 1 amide bonds. The summed E-state index contributed by atoms with van der Waals surface area (Å²) in [5, 5.41) is 11.2. The molecule has 1 heterocycles. The number of amides is 1. The third-order valence-corrected chi connectivity index (χ3v) is 4.75. The Morgan fingerprint density at radius 2 is 2.04 bits per heavy atom. The van der Waals surface area contributed by atoms with E-state index in [-0.39, 0.29) is 11.7 Å². The summed E-state index contributed by atoms with van der Waals surface area (Å²) >= 11 is 1.25. The first-order valence-corrected chi connectivity index (χ1v) is 9.87. The fraction of sp³-hybridized carbons (Fsp3) is 0.526. The largest absolute Gasteiger partial charge is 0.444 e. The number of aromatic nitrogens is 2. The maximum absolute atomic E-state index is 13.7. The average molecular weight is 396 g/mol. The van der Waals surface area contributed by atoms with Gasteiger partial charge in [0.2, 0.25) is 5.89 Å². The number of thioether (sulfide) groups is 1. The van der Waals surface area contributed by atoms with Crippen LogP contribution in [0.2, 0.25) is 0 Å². The number of halogens is 1. The monoisotopic (exact) mass is 395 g/mol. The van der Waals surface area contributed by atoms with E-state index in [1.165, 1.54) is 17.8 Å². The molecule has 27 heavy (non-hydrogen) atoms. The maximum atomic E-state index is 13.7. The van der Waals surface area contributed by atoms with Gasteiger partial charge in [-0.25, -0.2) is 9.18 Å². The summed E-state index contributed by atoms with van der Waals surface area (Å²) in [6.07, 6.45) is 0.271. The van der Waals surface area contributed by atoms with Crippen LogP contribution in [-0.2, 0) is 10.5 Å². The quantitative estimate of drug-likeness (QED) is 0.656. The molecule has 0 fully saturated rings. The van der Waals surface area contributed by atoms with Crippen LogP contribution in [0.4, 0.5) is 9.18 Å². The lowest BCUT2D eigenvalue weighted by molar-refractivity contribution is 0.0473. The van der Waals surface area contributed by atoms with E-state index < -0.39 is 17.7 Å². The zero-order valence-corrected chi connectivity index (χ0v) is 17.1. The second-order valence-corrected chi connectivity index (χ2v) is 8.22. The molecule has 2 aromatic rings. The van der Waals surface area contributed by atoms with Gasteiger partial charge in [-0.1, -0.05) is 50.2 Å². The van der Waals surface area contributed by atoms with Crippen molar-refractivity contribution in [2.24, 2.45) is 5.92 Å². The summed E-state index contributed by atoms with van der Waals surface area (Å²) in [7, 11) is 0. The molecule has 1 N–H and O–H groups in total. The summed E-state index contributed by atoms with van der Waals surface area (Å²) in [6, 6.07) is 6.10. The predicted octanol–water partition coefficient (Wildman–Crippen LogP) is 5.11. The molecule has 0 saturated carbocycles. The molecule has 2 rings (SSSR count). The molecule has 0 spiro atoms. The van der Waals surface area contributed by atoms with Crippen LogP contribution in [0, 0.1) is 11.7 Å². The van der Waals surface area contributed by atoms with Crippen molar-refractivity contribution in [2.75, 3.05) is 0 Å². The predicted molar refractivity (Wildman–Crippen MR) is 102 cm³/mol. The topological polar surface area (TPSA) is 77.2 Å². The Labute approximate surface area is 163 Å². The summed E-state index contributed by atoms with van der Waals surface area (Å²) in [4.78, 5) is 12.1. The normalized spacial score (nSPS) is 13.9. The molecule has 8 heteroatoms. The number of rotatable bonds is 7. The standard InChI is InChI=1S/C19H26FN3O3S/c1-6-12(2)15(21-17(24)26-19(3,4)5)16-22-23-18(25-16)27-11-13-9-7-8-10-14(13)20/h7-10,12,15H,6,11H2,1-5H3,(H,21,24)/t12?,15-/m0/s1. The second kappa shape index (κ2) is 9.21. The molecule has 0 radical (unpaired) electrons. The fourth-order valence-electron chi connectivity index (χ4n) is 2.28. The van der Waals surface area contributed by atoms with Gasteiger partial charge in [0.1, 0.15) is 17.5 Å². The van der Waals surface area contributed by atoms with Crippen molar-refractivity contribution in [3.05, 3.63) is 41.5 Å². The minimum Gasteiger partial charge on any atom is -0.444 e. The van der Waals surface area contributed by atoms with Crippen LogP contribution in [-0.4, -0.2) is 21.9 Å². The number of nitrogens with one attached hydrogen (secondary N) is 1. The van der Waals surface area contributed by atoms with E-state index in [0.717, 1.165) is 6.42 Å². The smallest absolute Gasteiger partial charge is 0.408 e. The Balaban J connectivity index is 2.06. The highest BCUT2D eigenvalue weighted by Gasteiger charge is 2.28. The van der Waals surface area contributed by atoms with E-state index in [2.05, 4.69) is 15.5 Å². The van der Waals surface area contributed by atoms with Gasteiger partial charge in [0.15, 0.2) is 0 Å². The highest BCUT2D eigenvalue weighted by molar-refractivity contribution is 7.98. The van der Waals surface area contributed by atoms with Gasteiger partial charge in [0.25, 0.3) is 5.22 Å². The van der Waals surface area contributed by atoms with Crippen molar-refractivity contribution >= 4 is 17.9 Å². The lowest BCUT2D eigenvalue weighted by Gasteiger charge is -2.24. The molecular weight excluding hydrogens is 369 g/mol. The third-order valence-electron chi connectivity index (χ3n) is 3.88. The van der Waals surface area contributed by atoms with E-state index in [0.29, 0.717) is 22.4 Å². The zero-order chi connectivity index (χ0) is 20.0. The molecule has 6 nitrogen and oxygen atoms in total. The minimum absolute atomic E-state index is 0.0717. The molecule has 0 bridgehead atoms. The Bertz CT molecular complexity index is 761. The van der Waals surface area contributed by atoms with Crippen LogP contribution in [0.1, 0.15) is 58.5 Å². The van der Waals surface area contributed by atoms with Gasteiger partial charge in [-0.3, -0.25) is 0 Å². The first-order chi connectivity index (χ1) is 12.7. The van der Waals surface area contributed by atoms with E-state index in [1.807, 2.05) is 13.8 Å². The number of benzene rings is 1. The van der Waals surface area contributed by atoms with Crippen LogP contribution in [0.3, 0.4) is 0 Å². The average Bonchev–Trinajstić information content (AvgIpc) is 3.05. The van der Waals surface area contributed by atoms with Gasteiger partial charge in [-0.05, 0) is 38.3 Å². The first-order valence-electron chi connectivity index (χ1n) is 8.88. The van der Waals surface area contributed by atoms with Crippen molar-refractivity contribution in [2.45, 2.75) is 63.7 Å². The molecule has 0 saturated heterocycles. The van der Waals surface area contributed by atoms with Crippen molar-refractivity contribution in [1.82, 2.24) is 15.5 Å². The van der Waals surface area contributed by atoms with Gasteiger partial charge in [-0.15, -0.1) is 10.2 Å². The van der Waals surface area contributed by atoms with E-state index >= 15 is 0 Å². The lowest BCUT2D eigenvalue weighted by atomic mass is 9.99. The summed E-state index contributed by atoms with van der Waals surface area (Å²) < 4.78 is 24.7. The van der Waals surface area contributed by atoms with Gasteiger partial charge >= 0.3 is 6.09 Å². The van der Waals surface area contributed by atoms with E-state index in [9.17, 15) is 9.18 Å². The number of ether oxygens (including phenoxy) is 1.